The quantitative estimate of drug-likeness (QED) is 0.901. The number of hydrogen-bond acceptors (Lipinski definition) is 3. The van der Waals surface area contributed by atoms with Crippen molar-refractivity contribution in [2.24, 2.45) is 5.41 Å². The number of hydrogen-bond donors (Lipinski definition) is 1. The number of carbonyl (C=O) groups excluding carboxylic acids is 1. The van der Waals surface area contributed by atoms with E-state index in [1.165, 1.54) is 0 Å². The van der Waals surface area contributed by atoms with Gasteiger partial charge in [-0.3, -0.25) is 9.59 Å². The van der Waals surface area contributed by atoms with E-state index in [2.05, 4.69) is 0 Å². The first-order valence-corrected chi connectivity index (χ1v) is 7.54. The lowest BCUT2D eigenvalue weighted by Gasteiger charge is -2.24. The summed E-state index contributed by atoms with van der Waals surface area (Å²) < 4.78 is 0. The van der Waals surface area contributed by atoms with Gasteiger partial charge in [0.25, 0.3) is 0 Å². The smallest absolute Gasteiger partial charge is 0.311 e. The van der Waals surface area contributed by atoms with E-state index in [-0.39, 0.29) is 5.91 Å². The first kappa shape index (κ1) is 14.1. The number of nitrogens with zero attached hydrogens (tertiary/aromatic N) is 1. The Labute approximate surface area is 117 Å². The Bertz CT molecular complexity index is 457. The molecule has 1 amide bonds. The third-order valence-corrected chi connectivity index (χ3v) is 4.56. The predicted octanol–water partition coefficient (Wildman–Crippen LogP) is 2.39. The van der Waals surface area contributed by atoms with E-state index < -0.39 is 11.4 Å². The van der Waals surface area contributed by atoms with Gasteiger partial charge >= 0.3 is 5.97 Å². The second kappa shape index (κ2) is 5.74. The van der Waals surface area contributed by atoms with Gasteiger partial charge in [0.2, 0.25) is 5.91 Å². The Kier molecular flexibility index (Phi) is 4.24. The van der Waals surface area contributed by atoms with Crippen LogP contribution in [0.4, 0.5) is 0 Å². The molecule has 0 saturated carbocycles. The van der Waals surface area contributed by atoms with Gasteiger partial charge in [-0.05, 0) is 35.2 Å². The highest BCUT2D eigenvalue weighted by Crippen LogP contribution is 2.35. The molecular weight excluding hydrogens is 262 g/mol. The molecule has 1 aromatic heterocycles. The largest absolute Gasteiger partial charge is 0.481 e. The maximum absolute atomic E-state index is 12.2. The van der Waals surface area contributed by atoms with Gasteiger partial charge in [0.1, 0.15) is 0 Å². The minimum atomic E-state index is -0.764. The van der Waals surface area contributed by atoms with Crippen LogP contribution < -0.4 is 0 Å². The fourth-order valence-corrected chi connectivity index (χ4v) is 3.40. The third kappa shape index (κ3) is 2.97. The number of carboxylic acids is 1. The van der Waals surface area contributed by atoms with Crippen LogP contribution in [-0.4, -0.2) is 35.0 Å². The summed E-state index contributed by atoms with van der Waals surface area (Å²) in [6.45, 7) is 2.91. The Balaban J connectivity index is 2.00. The van der Waals surface area contributed by atoms with E-state index in [4.69, 9.17) is 0 Å². The first-order valence-electron chi connectivity index (χ1n) is 6.59. The van der Waals surface area contributed by atoms with Gasteiger partial charge in [-0.2, -0.15) is 11.3 Å². The van der Waals surface area contributed by atoms with E-state index >= 15 is 0 Å². The molecule has 2 rings (SSSR count). The van der Waals surface area contributed by atoms with Gasteiger partial charge in [0, 0.05) is 13.1 Å². The van der Waals surface area contributed by atoms with E-state index in [0.717, 1.165) is 12.0 Å². The number of aliphatic carboxylic acids is 1. The maximum atomic E-state index is 12.2. The lowest BCUT2D eigenvalue weighted by atomic mass is 9.83. The summed E-state index contributed by atoms with van der Waals surface area (Å²) >= 11 is 1.57. The van der Waals surface area contributed by atoms with Crippen molar-refractivity contribution in [3.05, 3.63) is 22.4 Å². The van der Waals surface area contributed by atoms with E-state index in [0.29, 0.717) is 32.4 Å². The van der Waals surface area contributed by atoms with Crippen molar-refractivity contribution in [1.29, 1.82) is 0 Å². The van der Waals surface area contributed by atoms with Gasteiger partial charge in [0.15, 0.2) is 0 Å². The van der Waals surface area contributed by atoms with Crippen molar-refractivity contribution in [2.75, 3.05) is 13.1 Å². The second-order valence-electron chi connectivity index (χ2n) is 5.21. The normalized spacial score (nSPS) is 22.7. The topological polar surface area (TPSA) is 57.6 Å². The summed E-state index contributed by atoms with van der Waals surface area (Å²) in [5, 5.41) is 13.3. The number of carboxylic acid groups (broad SMARTS) is 1. The van der Waals surface area contributed by atoms with E-state index in [1.807, 2.05) is 23.8 Å². The molecule has 1 aliphatic heterocycles. The molecule has 0 bridgehead atoms. The molecule has 2 heterocycles. The highest BCUT2D eigenvalue weighted by atomic mass is 32.1. The standard InChI is InChI=1S/C14H19NO3S/c1-2-4-14(13(17)18)5-6-15(10-14)12(16)8-11-3-7-19-9-11/h3,7,9H,2,4-6,8,10H2,1H3,(H,17,18). The molecule has 0 radical (unpaired) electrons. The van der Waals surface area contributed by atoms with Crippen molar-refractivity contribution in [3.63, 3.8) is 0 Å². The van der Waals surface area contributed by atoms with Crippen LogP contribution >= 0.6 is 11.3 Å². The zero-order chi connectivity index (χ0) is 13.9. The Morgan fingerprint density at radius 2 is 2.32 bits per heavy atom. The second-order valence-corrected chi connectivity index (χ2v) is 5.99. The van der Waals surface area contributed by atoms with Crippen LogP contribution in [-0.2, 0) is 16.0 Å². The summed E-state index contributed by atoms with van der Waals surface area (Å²) in [5.41, 5.74) is 0.289. The van der Waals surface area contributed by atoms with Crippen LogP contribution in [0.5, 0.6) is 0 Å². The molecule has 1 aromatic rings. The molecule has 5 heteroatoms. The zero-order valence-electron chi connectivity index (χ0n) is 11.1. The maximum Gasteiger partial charge on any atom is 0.311 e. The van der Waals surface area contributed by atoms with Crippen molar-refractivity contribution >= 4 is 23.2 Å². The first-order chi connectivity index (χ1) is 9.07. The highest BCUT2D eigenvalue weighted by Gasteiger charge is 2.45. The van der Waals surface area contributed by atoms with Crippen molar-refractivity contribution in [1.82, 2.24) is 4.90 Å². The molecule has 1 aliphatic rings. The number of rotatable bonds is 5. The Morgan fingerprint density at radius 3 is 2.89 bits per heavy atom. The number of likely N-dealkylation sites (tertiary alicyclic amines) is 1. The Morgan fingerprint density at radius 1 is 1.53 bits per heavy atom. The van der Waals surface area contributed by atoms with E-state index in [9.17, 15) is 14.7 Å². The van der Waals surface area contributed by atoms with Gasteiger partial charge in [0.05, 0.1) is 11.8 Å². The molecule has 4 nitrogen and oxygen atoms in total. The van der Waals surface area contributed by atoms with Gasteiger partial charge < -0.3 is 10.0 Å². The molecule has 1 saturated heterocycles. The summed E-state index contributed by atoms with van der Waals surface area (Å²) in [4.78, 5) is 25.3. The molecule has 0 spiro atoms. The average Bonchev–Trinajstić information content (AvgIpc) is 2.99. The summed E-state index contributed by atoms with van der Waals surface area (Å²) in [6, 6.07) is 1.94. The number of amides is 1. The summed E-state index contributed by atoms with van der Waals surface area (Å²) in [5.74, 6) is -0.724. The predicted molar refractivity (Wildman–Crippen MR) is 74.2 cm³/mol. The van der Waals surface area contributed by atoms with Crippen LogP contribution in [0.2, 0.25) is 0 Å². The van der Waals surface area contributed by atoms with Crippen LogP contribution in [0.1, 0.15) is 31.7 Å². The summed E-state index contributed by atoms with van der Waals surface area (Å²) in [6.07, 6.45) is 2.43. The lowest BCUT2D eigenvalue weighted by Crippen LogP contribution is -2.37. The molecule has 1 unspecified atom stereocenters. The van der Waals surface area contributed by atoms with Crippen LogP contribution in [0.3, 0.4) is 0 Å². The monoisotopic (exact) mass is 281 g/mol. The van der Waals surface area contributed by atoms with Crippen molar-refractivity contribution in [3.8, 4) is 0 Å². The zero-order valence-corrected chi connectivity index (χ0v) is 11.9. The van der Waals surface area contributed by atoms with Crippen LogP contribution in [0, 0.1) is 5.41 Å². The highest BCUT2D eigenvalue weighted by molar-refractivity contribution is 7.07. The van der Waals surface area contributed by atoms with Crippen LogP contribution in [0.25, 0.3) is 0 Å². The SMILES string of the molecule is CCCC1(C(=O)O)CCN(C(=O)Cc2ccsc2)C1. The molecular formula is C14H19NO3S. The fourth-order valence-electron chi connectivity index (χ4n) is 2.73. The fraction of sp³-hybridized carbons (Fsp3) is 0.571. The minimum absolute atomic E-state index is 0.0395. The number of thiophene rings is 1. The van der Waals surface area contributed by atoms with Gasteiger partial charge in [-0.25, -0.2) is 0 Å². The van der Waals surface area contributed by atoms with Crippen LogP contribution in [0.15, 0.2) is 16.8 Å². The number of carbonyl (C=O) groups is 2. The van der Waals surface area contributed by atoms with E-state index in [1.54, 1.807) is 16.2 Å². The lowest BCUT2D eigenvalue weighted by molar-refractivity contribution is -0.149. The molecule has 0 aliphatic carbocycles. The van der Waals surface area contributed by atoms with Crippen molar-refractivity contribution < 1.29 is 14.7 Å². The van der Waals surface area contributed by atoms with Crippen molar-refractivity contribution in [2.45, 2.75) is 32.6 Å². The molecule has 1 fully saturated rings. The average molecular weight is 281 g/mol. The Hall–Kier alpha value is -1.36. The molecule has 0 aromatic carbocycles. The summed E-state index contributed by atoms with van der Waals surface area (Å²) in [7, 11) is 0. The molecule has 1 N–H and O–H groups in total. The van der Waals surface area contributed by atoms with Gasteiger partial charge in [-0.15, -0.1) is 0 Å². The third-order valence-electron chi connectivity index (χ3n) is 3.82. The minimum Gasteiger partial charge on any atom is -0.481 e. The molecule has 19 heavy (non-hydrogen) atoms. The molecule has 1 atom stereocenters. The molecule has 104 valence electrons. The van der Waals surface area contributed by atoms with Gasteiger partial charge in [-0.1, -0.05) is 13.3 Å².